The summed E-state index contributed by atoms with van der Waals surface area (Å²) >= 11 is 0. The third kappa shape index (κ3) is 5.62. The van der Waals surface area contributed by atoms with Gasteiger partial charge in [0, 0.05) is 17.2 Å². The zero-order chi connectivity index (χ0) is 23.1. The number of hydrogen-bond donors (Lipinski definition) is 5. The number of nitrogens with zero attached hydrogens (tertiary/aromatic N) is 1. The van der Waals surface area contributed by atoms with Crippen LogP contribution in [0.2, 0.25) is 0 Å². The Morgan fingerprint density at radius 2 is 1.81 bits per heavy atom. The van der Waals surface area contributed by atoms with Crippen molar-refractivity contribution in [3.05, 3.63) is 83.9 Å². The van der Waals surface area contributed by atoms with Crippen molar-refractivity contribution in [1.82, 2.24) is 5.43 Å². The average molecular weight is 455 g/mol. The highest BCUT2D eigenvalue weighted by Gasteiger charge is 2.22. The van der Waals surface area contributed by atoms with Crippen LogP contribution < -0.4 is 16.0 Å². The molecule has 9 nitrogen and oxygen atoms in total. The minimum absolute atomic E-state index is 0.00244. The number of para-hydroxylation sites is 1. The Morgan fingerprint density at radius 3 is 2.53 bits per heavy atom. The topological polar surface area (TPSA) is 154 Å². The molecule has 0 saturated carbocycles. The van der Waals surface area contributed by atoms with Crippen molar-refractivity contribution in [1.29, 1.82) is 0 Å². The number of aromatic hydroxyl groups is 1. The zero-order valence-corrected chi connectivity index (χ0v) is 17.7. The Morgan fingerprint density at radius 1 is 1.06 bits per heavy atom. The van der Waals surface area contributed by atoms with Gasteiger partial charge >= 0.3 is 5.97 Å². The molecule has 3 aromatic rings. The molecule has 10 heteroatoms. The highest BCUT2D eigenvalue weighted by atomic mass is 32.2. The van der Waals surface area contributed by atoms with E-state index in [9.17, 15) is 23.4 Å². The monoisotopic (exact) mass is 454 g/mol. The second-order valence-corrected chi connectivity index (χ2v) is 8.54. The zero-order valence-electron chi connectivity index (χ0n) is 16.8. The van der Waals surface area contributed by atoms with Crippen LogP contribution >= 0.6 is 0 Å². The molecule has 0 aliphatic heterocycles. The summed E-state index contributed by atoms with van der Waals surface area (Å²) in [6.45, 7) is 0. The number of nitrogens with two attached hydrogens (primary N) is 1. The van der Waals surface area contributed by atoms with E-state index in [1.54, 1.807) is 54.6 Å². The van der Waals surface area contributed by atoms with E-state index < -0.39 is 21.9 Å². The quantitative estimate of drug-likeness (QED) is 0.144. The van der Waals surface area contributed by atoms with Crippen LogP contribution in [0, 0.1) is 0 Å². The number of aliphatic imine (C=N–C) groups is 1. The summed E-state index contributed by atoms with van der Waals surface area (Å²) in [4.78, 5) is 15.4. The molecule has 0 amide bonds. The lowest BCUT2D eigenvalue weighted by molar-refractivity contribution is -0.137. The van der Waals surface area contributed by atoms with Crippen LogP contribution in [0.5, 0.6) is 5.75 Å². The van der Waals surface area contributed by atoms with Gasteiger partial charge in [-0.2, -0.15) is 0 Å². The first-order valence-corrected chi connectivity index (χ1v) is 11.0. The molecule has 0 saturated heterocycles. The Kier molecular flexibility index (Phi) is 7.08. The number of carboxylic acid groups (broad SMARTS) is 1. The van der Waals surface area contributed by atoms with Crippen molar-refractivity contribution < 1.29 is 23.4 Å². The van der Waals surface area contributed by atoms with E-state index in [0.717, 1.165) is 0 Å². The minimum atomic E-state index is -3.94. The molecule has 0 aliphatic rings. The van der Waals surface area contributed by atoms with E-state index >= 15 is 0 Å². The summed E-state index contributed by atoms with van der Waals surface area (Å²) in [6.07, 6.45) is 0.952. The van der Waals surface area contributed by atoms with E-state index in [1.807, 2.05) is 0 Å². The van der Waals surface area contributed by atoms with Crippen molar-refractivity contribution >= 4 is 33.7 Å². The molecule has 0 aromatic heterocycles. The van der Waals surface area contributed by atoms with Gasteiger partial charge in [-0.15, -0.1) is 0 Å². The van der Waals surface area contributed by atoms with Crippen LogP contribution in [0.4, 0.5) is 11.4 Å². The summed E-state index contributed by atoms with van der Waals surface area (Å²) < 4.78 is 28.2. The molecule has 0 heterocycles. The van der Waals surface area contributed by atoms with E-state index in [0.29, 0.717) is 16.8 Å². The molecule has 32 heavy (non-hydrogen) atoms. The standard InChI is InChI=1S/C22H22N4O5S/c23-25-14-24-16-6-4-8-18(12-16)32(30,31)26-17-7-3-5-15(11-17)20(13-22(28)29)19-9-1-2-10-21(19)27/h1-12,14,20,26-27H,13,23H2,(H,24,25)(H,28,29). The van der Waals surface area contributed by atoms with Gasteiger partial charge in [-0.25, -0.2) is 19.3 Å². The lowest BCUT2D eigenvalue weighted by atomic mass is 9.88. The Hall–Kier alpha value is -3.89. The molecule has 0 radical (unpaired) electrons. The Bertz CT molecular complexity index is 1240. The number of phenols is 1. The molecule has 0 spiro atoms. The summed E-state index contributed by atoms with van der Waals surface area (Å²) in [5.74, 6) is 3.39. The van der Waals surface area contributed by atoms with Gasteiger partial charge in [0.25, 0.3) is 10.0 Å². The van der Waals surface area contributed by atoms with Crippen LogP contribution in [0.3, 0.4) is 0 Å². The maximum Gasteiger partial charge on any atom is 0.304 e. The first kappa shape index (κ1) is 22.8. The second kappa shape index (κ2) is 9.94. The van der Waals surface area contributed by atoms with Crippen molar-refractivity contribution in [2.75, 3.05) is 4.72 Å². The first-order valence-electron chi connectivity index (χ1n) is 9.51. The smallest absolute Gasteiger partial charge is 0.304 e. The summed E-state index contributed by atoms with van der Waals surface area (Å²) in [6, 6.07) is 18.9. The van der Waals surface area contributed by atoms with Crippen LogP contribution in [0.15, 0.2) is 82.7 Å². The molecule has 1 atom stereocenters. The van der Waals surface area contributed by atoms with Gasteiger partial charge in [-0.05, 0) is 42.0 Å². The molecule has 1 unspecified atom stereocenters. The number of hydrazine groups is 1. The number of phenolic OH excluding ortho intramolecular Hbond substituents is 1. The highest BCUT2D eigenvalue weighted by molar-refractivity contribution is 7.92. The fourth-order valence-corrected chi connectivity index (χ4v) is 4.33. The van der Waals surface area contributed by atoms with Gasteiger partial charge in [-0.3, -0.25) is 9.52 Å². The van der Waals surface area contributed by atoms with Gasteiger partial charge in [0.05, 0.1) is 17.0 Å². The van der Waals surface area contributed by atoms with Crippen LogP contribution in [0.25, 0.3) is 0 Å². The van der Waals surface area contributed by atoms with Crippen LogP contribution in [-0.4, -0.2) is 30.9 Å². The van der Waals surface area contributed by atoms with Gasteiger partial charge in [0.2, 0.25) is 0 Å². The lowest BCUT2D eigenvalue weighted by Crippen LogP contribution is -2.18. The Balaban J connectivity index is 1.93. The molecule has 3 aromatic carbocycles. The molecule has 0 fully saturated rings. The van der Waals surface area contributed by atoms with Crippen molar-refractivity contribution in [3.63, 3.8) is 0 Å². The lowest BCUT2D eigenvalue weighted by Gasteiger charge is -2.18. The fourth-order valence-electron chi connectivity index (χ4n) is 3.24. The predicted octanol–water partition coefficient (Wildman–Crippen LogP) is 2.92. The van der Waals surface area contributed by atoms with Crippen LogP contribution in [-0.2, 0) is 14.8 Å². The van der Waals surface area contributed by atoms with Gasteiger partial charge in [0.15, 0.2) is 0 Å². The van der Waals surface area contributed by atoms with Crippen LogP contribution in [0.1, 0.15) is 23.5 Å². The van der Waals surface area contributed by atoms with Crippen molar-refractivity contribution in [2.24, 2.45) is 10.8 Å². The summed E-state index contributed by atoms with van der Waals surface area (Å²) in [5, 5.41) is 19.6. The fraction of sp³-hybridized carbons (Fsp3) is 0.0909. The van der Waals surface area contributed by atoms with E-state index in [2.05, 4.69) is 15.1 Å². The molecular weight excluding hydrogens is 432 g/mol. The number of carbonyl (C=O) groups is 1. The maximum atomic E-state index is 12.9. The molecule has 166 valence electrons. The second-order valence-electron chi connectivity index (χ2n) is 6.86. The number of sulfonamides is 1. The summed E-state index contributed by atoms with van der Waals surface area (Å²) in [5.41, 5.74) is 3.87. The normalized spacial score (nSPS) is 12.4. The number of aliphatic carboxylic acids is 1. The van der Waals surface area contributed by atoms with Gasteiger partial charge in [0.1, 0.15) is 12.1 Å². The highest BCUT2D eigenvalue weighted by Crippen LogP contribution is 2.35. The molecule has 3 rings (SSSR count). The number of rotatable bonds is 9. The third-order valence-electron chi connectivity index (χ3n) is 4.65. The van der Waals surface area contributed by atoms with Gasteiger partial charge < -0.3 is 15.6 Å². The average Bonchev–Trinajstić information content (AvgIpc) is 2.76. The number of anilines is 1. The van der Waals surface area contributed by atoms with Gasteiger partial charge in [-0.1, -0.05) is 36.4 Å². The molecule has 6 N–H and O–H groups in total. The number of benzene rings is 3. The van der Waals surface area contributed by atoms with E-state index in [1.165, 1.54) is 24.5 Å². The molecule has 0 aliphatic carbocycles. The SMILES string of the molecule is NNC=Nc1cccc(S(=O)(=O)Nc2cccc(C(CC(=O)O)c3ccccc3O)c2)c1. The number of nitrogens with one attached hydrogen (secondary N) is 2. The predicted molar refractivity (Wildman–Crippen MR) is 121 cm³/mol. The van der Waals surface area contributed by atoms with E-state index in [4.69, 9.17) is 5.84 Å². The maximum absolute atomic E-state index is 12.9. The van der Waals surface area contributed by atoms with Crippen molar-refractivity contribution in [2.45, 2.75) is 17.2 Å². The van der Waals surface area contributed by atoms with E-state index in [-0.39, 0.29) is 22.8 Å². The number of hydrogen-bond acceptors (Lipinski definition) is 6. The minimum Gasteiger partial charge on any atom is -0.508 e. The summed E-state index contributed by atoms with van der Waals surface area (Å²) in [7, 11) is -3.94. The first-order chi connectivity index (χ1) is 15.3. The Labute approximate surface area is 185 Å². The molecule has 0 bridgehead atoms. The largest absolute Gasteiger partial charge is 0.508 e. The van der Waals surface area contributed by atoms with Crippen molar-refractivity contribution in [3.8, 4) is 5.75 Å². The number of carboxylic acids is 1. The third-order valence-corrected chi connectivity index (χ3v) is 6.03. The molecular formula is C22H22N4O5S.